The summed E-state index contributed by atoms with van der Waals surface area (Å²) in [6.07, 6.45) is 23.8. The van der Waals surface area contributed by atoms with Gasteiger partial charge < -0.3 is 14.7 Å². The highest BCUT2D eigenvalue weighted by Gasteiger charge is 2.40. The third-order valence-electron chi connectivity index (χ3n) is 6.02. The highest BCUT2D eigenvalue weighted by molar-refractivity contribution is 5.78. The summed E-state index contributed by atoms with van der Waals surface area (Å²) < 4.78 is 6.07. The second-order valence-electron chi connectivity index (χ2n) is 9.63. The van der Waals surface area contributed by atoms with Crippen LogP contribution in [-0.2, 0) is 16.0 Å². The van der Waals surface area contributed by atoms with E-state index in [0.29, 0.717) is 19.6 Å². The molecule has 0 aliphatic rings. The summed E-state index contributed by atoms with van der Waals surface area (Å²) in [6.45, 7) is 3.09. The van der Waals surface area contributed by atoms with E-state index in [0.717, 1.165) is 31.2 Å². The normalized spacial score (nSPS) is 13.8. The molecule has 0 saturated heterocycles. The van der Waals surface area contributed by atoms with Gasteiger partial charge in [0.25, 0.3) is 0 Å². The number of carboxylic acid groups (broad SMARTS) is 1. The number of hydrogen-bond acceptors (Lipinski definition) is 3. The molecule has 0 bridgehead atoms. The molecule has 0 amide bonds. The van der Waals surface area contributed by atoms with E-state index in [1.807, 2.05) is 49.3 Å². The van der Waals surface area contributed by atoms with E-state index in [1.165, 1.54) is 51.4 Å². The Morgan fingerprint density at radius 3 is 2.06 bits per heavy atom. The van der Waals surface area contributed by atoms with Gasteiger partial charge >= 0.3 is 5.97 Å². The fourth-order valence-electron chi connectivity index (χ4n) is 4.15. The highest BCUT2D eigenvalue weighted by atomic mass is 16.5. The summed E-state index contributed by atoms with van der Waals surface area (Å²) in [7, 11) is 3.79. The number of aliphatic carboxylic acids is 1. The van der Waals surface area contributed by atoms with Crippen molar-refractivity contribution in [2.24, 2.45) is 0 Å². The summed E-state index contributed by atoms with van der Waals surface area (Å²) in [5.41, 5.74) is -0.217. The van der Waals surface area contributed by atoms with Gasteiger partial charge in [0.2, 0.25) is 0 Å². The monoisotopic (exact) mass is 471 g/mol. The molecule has 192 valence electrons. The Morgan fingerprint density at radius 2 is 1.47 bits per heavy atom. The average Bonchev–Trinajstić information content (AvgIpc) is 2.81. The minimum Gasteiger partial charge on any atom is -0.479 e. The summed E-state index contributed by atoms with van der Waals surface area (Å²) >= 11 is 0. The molecule has 1 aromatic carbocycles. The third kappa shape index (κ3) is 14.4. The number of likely N-dealkylation sites (N-methyl/N-ethyl adjacent to an activating group) is 1. The largest absolute Gasteiger partial charge is 0.479 e. The number of ether oxygens (including phenoxy) is 1. The topological polar surface area (TPSA) is 49.8 Å². The molecule has 1 atom stereocenters. The molecule has 1 aromatic rings. The van der Waals surface area contributed by atoms with Crippen LogP contribution in [0, 0.1) is 0 Å². The molecule has 0 spiro atoms. The molecule has 0 radical (unpaired) electrons. The molecular formula is C30H49NO3. The van der Waals surface area contributed by atoms with Gasteiger partial charge in [-0.2, -0.15) is 0 Å². The molecule has 0 aliphatic heterocycles. The zero-order valence-electron chi connectivity index (χ0n) is 22.0. The molecule has 1 unspecified atom stereocenters. The Labute approximate surface area is 209 Å². The van der Waals surface area contributed by atoms with Crippen LogP contribution < -0.4 is 0 Å². The quantitative estimate of drug-likeness (QED) is 0.149. The molecule has 1 N–H and O–H groups in total. The van der Waals surface area contributed by atoms with E-state index in [-0.39, 0.29) is 0 Å². The molecular weight excluding hydrogens is 422 g/mol. The first-order valence-electron chi connectivity index (χ1n) is 13.4. The molecule has 4 heteroatoms. The fourth-order valence-corrected chi connectivity index (χ4v) is 4.15. The van der Waals surface area contributed by atoms with Crippen LogP contribution in [0.2, 0.25) is 0 Å². The van der Waals surface area contributed by atoms with Crippen LogP contribution in [-0.4, -0.2) is 48.8 Å². The second kappa shape index (κ2) is 19.4. The van der Waals surface area contributed by atoms with Gasteiger partial charge in [0.05, 0.1) is 0 Å². The van der Waals surface area contributed by atoms with E-state index in [1.54, 1.807) is 0 Å². The van der Waals surface area contributed by atoms with Crippen molar-refractivity contribution in [3.63, 3.8) is 0 Å². The van der Waals surface area contributed by atoms with Gasteiger partial charge in [0.15, 0.2) is 5.60 Å². The molecule has 0 heterocycles. The van der Waals surface area contributed by atoms with Crippen molar-refractivity contribution in [3.05, 3.63) is 60.2 Å². The van der Waals surface area contributed by atoms with Crippen molar-refractivity contribution in [3.8, 4) is 0 Å². The minimum atomic E-state index is -1.21. The van der Waals surface area contributed by atoms with Crippen LogP contribution in [0.3, 0.4) is 0 Å². The Kier molecular flexibility index (Phi) is 17.2. The first kappa shape index (κ1) is 30.1. The van der Waals surface area contributed by atoms with Gasteiger partial charge in [-0.25, -0.2) is 4.79 Å². The van der Waals surface area contributed by atoms with Crippen molar-refractivity contribution in [2.45, 2.75) is 96.0 Å². The third-order valence-corrected chi connectivity index (χ3v) is 6.02. The Hall–Kier alpha value is -1.91. The van der Waals surface area contributed by atoms with Crippen molar-refractivity contribution in [1.82, 2.24) is 4.90 Å². The van der Waals surface area contributed by atoms with Gasteiger partial charge in [-0.1, -0.05) is 100 Å². The molecule has 0 saturated carbocycles. The van der Waals surface area contributed by atoms with Gasteiger partial charge in [0.1, 0.15) is 0 Å². The predicted molar refractivity (Wildman–Crippen MR) is 144 cm³/mol. The van der Waals surface area contributed by atoms with Crippen LogP contribution in [0.25, 0.3) is 0 Å². The van der Waals surface area contributed by atoms with E-state index in [9.17, 15) is 9.90 Å². The number of rotatable bonds is 21. The van der Waals surface area contributed by atoms with Crippen LogP contribution in [0.1, 0.15) is 89.5 Å². The van der Waals surface area contributed by atoms with Crippen LogP contribution in [0.15, 0.2) is 54.6 Å². The number of benzene rings is 1. The Balaban J connectivity index is 2.19. The Morgan fingerprint density at radius 1 is 0.882 bits per heavy atom. The number of hydrogen-bond donors (Lipinski definition) is 1. The van der Waals surface area contributed by atoms with E-state index < -0.39 is 11.6 Å². The smallest absolute Gasteiger partial charge is 0.337 e. The maximum atomic E-state index is 12.2. The van der Waals surface area contributed by atoms with E-state index in [2.05, 4.69) is 31.2 Å². The SMILES string of the molecule is CCCCC/C=C\C/C=C\CCCCCCCCOC(Cc1ccccc1)(CN(C)C)C(=O)O. The van der Waals surface area contributed by atoms with Gasteiger partial charge in [-0.15, -0.1) is 0 Å². The van der Waals surface area contributed by atoms with Gasteiger partial charge in [-0.3, -0.25) is 0 Å². The number of nitrogens with zero attached hydrogens (tertiary/aromatic N) is 1. The molecule has 0 fully saturated rings. The molecule has 4 nitrogen and oxygen atoms in total. The maximum Gasteiger partial charge on any atom is 0.337 e. The lowest BCUT2D eigenvalue weighted by Gasteiger charge is -2.32. The van der Waals surface area contributed by atoms with E-state index in [4.69, 9.17) is 4.74 Å². The summed E-state index contributed by atoms with van der Waals surface area (Å²) in [5.74, 6) is -0.884. The zero-order valence-corrected chi connectivity index (χ0v) is 22.0. The fraction of sp³-hybridized carbons (Fsp3) is 0.633. The lowest BCUT2D eigenvalue weighted by Crippen LogP contribution is -2.51. The molecule has 0 aliphatic carbocycles. The number of carboxylic acids is 1. The zero-order chi connectivity index (χ0) is 24.9. The summed E-state index contributed by atoms with van der Waals surface area (Å²) in [4.78, 5) is 14.1. The van der Waals surface area contributed by atoms with Gasteiger partial charge in [-0.05, 0) is 58.2 Å². The lowest BCUT2D eigenvalue weighted by molar-refractivity contribution is -0.168. The van der Waals surface area contributed by atoms with Crippen LogP contribution >= 0.6 is 0 Å². The minimum absolute atomic E-state index is 0.361. The number of unbranched alkanes of at least 4 members (excludes halogenated alkanes) is 9. The van der Waals surface area contributed by atoms with Crippen LogP contribution in [0.5, 0.6) is 0 Å². The first-order chi connectivity index (χ1) is 16.5. The molecule has 34 heavy (non-hydrogen) atoms. The first-order valence-corrected chi connectivity index (χ1v) is 13.4. The van der Waals surface area contributed by atoms with Gasteiger partial charge in [0, 0.05) is 19.6 Å². The van der Waals surface area contributed by atoms with Crippen molar-refractivity contribution in [2.75, 3.05) is 27.2 Å². The second-order valence-corrected chi connectivity index (χ2v) is 9.63. The Bertz CT molecular complexity index is 684. The van der Waals surface area contributed by atoms with Crippen molar-refractivity contribution in [1.29, 1.82) is 0 Å². The standard InChI is InChI=1S/C30H49NO3/c1-4-5-6-7-8-9-10-11-12-13-14-15-16-17-18-22-25-34-30(29(32)33,27-31(2)3)26-28-23-20-19-21-24-28/h8-9,11-12,19-21,23-24H,4-7,10,13-18,22,25-27H2,1-3H3,(H,32,33)/b9-8-,12-11-. The van der Waals surface area contributed by atoms with Crippen molar-refractivity contribution < 1.29 is 14.6 Å². The number of allylic oxidation sites excluding steroid dienone is 4. The number of carbonyl (C=O) groups is 1. The van der Waals surface area contributed by atoms with Crippen molar-refractivity contribution >= 4 is 5.97 Å². The molecule has 1 rings (SSSR count). The molecule has 0 aromatic heterocycles. The summed E-state index contributed by atoms with van der Waals surface area (Å²) in [6, 6.07) is 9.78. The van der Waals surface area contributed by atoms with E-state index >= 15 is 0 Å². The maximum absolute atomic E-state index is 12.2. The predicted octanol–water partition coefficient (Wildman–Crippen LogP) is 7.44. The average molecular weight is 472 g/mol. The van der Waals surface area contributed by atoms with Crippen LogP contribution in [0.4, 0.5) is 0 Å². The highest BCUT2D eigenvalue weighted by Crippen LogP contribution is 2.21. The summed E-state index contributed by atoms with van der Waals surface area (Å²) in [5, 5.41) is 10.0. The lowest BCUT2D eigenvalue weighted by atomic mass is 9.93.